The van der Waals surface area contributed by atoms with Gasteiger partial charge < -0.3 is 11.1 Å². The number of hydroxylamine groups is 2. The summed E-state index contributed by atoms with van der Waals surface area (Å²) in [6.45, 7) is 0. The van der Waals surface area contributed by atoms with Gasteiger partial charge in [-0.1, -0.05) is 0 Å². The molecule has 1 aliphatic heterocycles. The van der Waals surface area contributed by atoms with Crippen LogP contribution in [-0.2, 0) is 0 Å². The molecule has 0 aromatic rings. The molecule has 4 N–H and O–H groups in total. The van der Waals surface area contributed by atoms with E-state index in [2.05, 4.69) is 5.32 Å². The number of nitrogens with two attached hydrogens (primary N) is 1. The number of hydrogen-bond donors (Lipinski definition) is 3. The van der Waals surface area contributed by atoms with E-state index < -0.39 is 0 Å². The van der Waals surface area contributed by atoms with E-state index in [9.17, 15) is 0 Å². The summed E-state index contributed by atoms with van der Waals surface area (Å²) in [5, 5.41) is 12.2. The van der Waals surface area contributed by atoms with Crippen LogP contribution in [0.2, 0.25) is 0 Å². The van der Waals surface area contributed by atoms with Gasteiger partial charge >= 0.3 is 0 Å². The zero-order chi connectivity index (χ0) is 5.98. The van der Waals surface area contributed by atoms with Gasteiger partial charge in [0.25, 0.3) is 0 Å². The number of hydrogen-bond acceptors (Lipinski definition) is 4. The molecule has 0 amide bonds. The smallest absolute Gasteiger partial charge is 0.144 e. The van der Waals surface area contributed by atoms with E-state index in [-0.39, 0.29) is 5.82 Å². The van der Waals surface area contributed by atoms with Gasteiger partial charge in [-0.2, -0.15) is 0 Å². The summed E-state index contributed by atoms with van der Waals surface area (Å²) >= 11 is 0. The van der Waals surface area contributed by atoms with Crippen LogP contribution in [0.4, 0.5) is 0 Å². The highest BCUT2D eigenvalue weighted by Gasteiger charge is 1.97. The highest BCUT2D eigenvalue weighted by Crippen LogP contribution is 1.94. The highest BCUT2D eigenvalue weighted by molar-refractivity contribution is 5.03. The lowest BCUT2D eigenvalue weighted by Crippen LogP contribution is -2.24. The molecule has 0 spiro atoms. The van der Waals surface area contributed by atoms with Gasteiger partial charge in [-0.3, -0.25) is 5.21 Å². The van der Waals surface area contributed by atoms with Crippen LogP contribution in [0.15, 0.2) is 24.4 Å². The van der Waals surface area contributed by atoms with Gasteiger partial charge in [0.2, 0.25) is 0 Å². The van der Waals surface area contributed by atoms with E-state index >= 15 is 0 Å². The third-order valence-electron chi connectivity index (χ3n) is 0.808. The van der Waals surface area contributed by atoms with E-state index in [0.29, 0.717) is 0 Å². The van der Waals surface area contributed by atoms with E-state index in [1.54, 1.807) is 6.20 Å². The summed E-state index contributed by atoms with van der Waals surface area (Å²) in [6, 6.07) is 0. The summed E-state index contributed by atoms with van der Waals surface area (Å²) in [7, 11) is 0. The first-order chi connectivity index (χ1) is 3.80. The zero-order valence-electron chi connectivity index (χ0n) is 4.20. The minimum absolute atomic E-state index is 0.285. The molecular formula is C4H7N3O. The lowest BCUT2D eigenvalue weighted by atomic mass is 10.6. The predicted octanol–water partition coefficient (Wildman–Crippen LogP) is -0.490. The first-order valence-electron chi connectivity index (χ1n) is 2.17. The average molecular weight is 113 g/mol. The summed E-state index contributed by atoms with van der Waals surface area (Å²) in [5.41, 5.74) is 5.20. The molecule has 1 aliphatic rings. The topological polar surface area (TPSA) is 61.5 Å². The maximum absolute atomic E-state index is 8.69. The van der Waals surface area contributed by atoms with Crippen LogP contribution in [0.5, 0.6) is 0 Å². The van der Waals surface area contributed by atoms with Crippen LogP contribution in [0.1, 0.15) is 0 Å². The zero-order valence-corrected chi connectivity index (χ0v) is 4.20. The van der Waals surface area contributed by atoms with E-state index in [1.165, 1.54) is 12.4 Å². The summed E-state index contributed by atoms with van der Waals surface area (Å²) in [4.78, 5) is 0. The van der Waals surface area contributed by atoms with Gasteiger partial charge in [0.15, 0.2) is 0 Å². The van der Waals surface area contributed by atoms with Gasteiger partial charge in [-0.25, -0.2) is 5.06 Å². The van der Waals surface area contributed by atoms with Crippen molar-refractivity contribution in [1.82, 2.24) is 10.4 Å². The molecule has 0 bridgehead atoms. The summed E-state index contributed by atoms with van der Waals surface area (Å²) in [5.74, 6) is 0.285. The van der Waals surface area contributed by atoms with Crippen molar-refractivity contribution in [2.75, 3.05) is 0 Å². The Kier molecular flexibility index (Phi) is 1.09. The lowest BCUT2D eigenvalue weighted by molar-refractivity contribution is -0.00806. The maximum Gasteiger partial charge on any atom is 0.144 e. The Morgan fingerprint density at radius 1 is 1.75 bits per heavy atom. The Bertz CT molecular complexity index is 140. The summed E-state index contributed by atoms with van der Waals surface area (Å²) < 4.78 is 0. The summed E-state index contributed by atoms with van der Waals surface area (Å²) in [6.07, 6.45) is 4.46. The fraction of sp³-hybridized carbons (Fsp3) is 0. The Morgan fingerprint density at radius 2 is 2.50 bits per heavy atom. The van der Waals surface area contributed by atoms with Crippen molar-refractivity contribution < 1.29 is 5.21 Å². The van der Waals surface area contributed by atoms with Crippen LogP contribution in [0.25, 0.3) is 0 Å². The van der Waals surface area contributed by atoms with Crippen molar-refractivity contribution in [3.05, 3.63) is 24.4 Å². The minimum atomic E-state index is 0.285. The van der Waals surface area contributed by atoms with Crippen molar-refractivity contribution in [2.45, 2.75) is 0 Å². The van der Waals surface area contributed by atoms with E-state index in [0.717, 1.165) is 5.06 Å². The molecule has 0 saturated carbocycles. The first kappa shape index (κ1) is 4.99. The standard InChI is InChI=1S/C4H7N3O/c5-4-3-6-1-2-7(4)8/h1-3,6,8H,5H2. The Labute approximate surface area is 46.8 Å². The van der Waals surface area contributed by atoms with Crippen LogP contribution in [-0.4, -0.2) is 10.3 Å². The fourth-order valence-corrected chi connectivity index (χ4v) is 0.399. The molecular weight excluding hydrogens is 106 g/mol. The van der Waals surface area contributed by atoms with E-state index in [1.807, 2.05) is 0 Å². The fourth-order valence-electron chi connectivity index (χ4n) is 0.399. The molecule has 0 aromatic carbocycles. The third-order valence-corrected chi connectivity index (χ3v) is 0.808. The molecule has 4 heteroatoms. The Morgan fingerprint density at radius 3 is 2.88 bits per heavy atom. The molecule has 0 atom stereocenters. The Hall–Kier alpha value is -1.16. The second kappa shape index (κ2) is 1.75. The van der Waals surface area contributed by atoms with Crippen LogP contribution < -0.4 is 11.1 Å². The van der Waals surface area contributed by atoms with Crippen molar-refractivity contribution in [3.63, 3.8) is 0 Å². The molecule has 44 valence electrons. The monoisotopic (exact) mass is 113 g/mol. The first-order valence-corrected chi connectivity index (χ1v) is 2.17. The quantitative estimate of drug-likeness (QED) is 0.396. The molecule has 0 aliphatic carbocycles. The molecule has 0 aromatic heterocycles. The van der Waals surface area contributed by atoms with Gasteiger partial charge in [0, 0.05) is 12.4 Å². The third kappa shape index (κ3) is 0.737. The minimum Gasteiger partial charge on any atom is -0.382 e. The van der Waals surface area contributed by atoms with Gasteiger partial charge in [0.1, 0.15) is 5.82 Å². The molecule has 0 radical (unpaired) electrons. The second-order valence-electron chi connectivity index (χ2n) is 1.40. The highest BCUT2D eigenvalue weighted by atomic mass is 16.5. The van der Waals surface area contributed by atoms with Crippen molar-refractivity contribution >= 4 is 0 Å². The largest absolute Gasteiger partial charge is 0.382 e. The van der Waals surface area contributed by atoms with Crippen LogP contribution in [0, 0.1) is 0 Å². The Balaban J connectivity index is 2.63. The van der Waals surface area contributed by atoms with Gasteiger partial charge in [0.05, 0.1) is 6.20 Å². The van der Waals surface area contributed by atoms with Crippen LogP contribution in [0.3, 0.4) is 0 Å². The molecule has 1 rings (SSSR count). The number of nitrogens with zero attached hydrogens (tertiary/aromatic N) is 1. The van der Waals surface area contributed by atoms with E-state index in [4.69, 9.17) is 10.9 Å². The normalized spacial score (nSPS) is 17.6. The molecule has 0 unspecified atom stereocenters. The lowest BCUT2D eigenvalue weighted by Gasteiger charge is -2.14. The van der Waals surface area contributed by atoms with Crippen molar-refractivity contribution in [2.24, 2.45) is 5.73 Å². The predicted molar refractivity (Wildman–Crippen MR) is 28.2 cm³/mol. The van der Waals surface area contributed by atoms with Gasteiger partial charge in [-0.15, -0.1) is 0 Å². The van der Waals surface area contributed by atoms with Crippen LogP contribution >= 0.6 is 0 Å². The molecule has 0 saturated heterocycles. The number of rotatable bonds is 0. The second-order valence-corrected chi connectivity index (χ2v) is 1.40. The molecule has 0 fully saturated rings. The maximum atomic E-state index is 8.69. The molecule has 8 heavy (non-hydrogen) atoms. The SMILES string of the molecule is NC1=CNC=CN1O. The van der Waals surface area contributed by atoms with Crippen molar-refractivity contribution in [3.8, 4) is 0 Å². The van der Waals surface area contributed by atoms with Gasteiger partial charge in [-0.05, 0) is 0 Å². The molecule has 4 nitrogen and oxygen atoms in total. The average Bonchev–Trinajstić information content (AvgIpc) is 1.77. The molecule has 1 heterocycles. The van der Waals surface area contributed by atoms with Crippen molar-refractivity contribution in [1.29, 1.82) is 0 Å². The number of nitrogens with one attached hydrogen (secondary N) is 1.